The van der Waals surface area contributed by atoms with E-state index in [-0.39, 0.29) is 5.75 Å². The van der Waals surface area contributed by atoms with E-state index in [0.717, 1.165) is 47.2 Å². The van der Waals surface area contributed by atoms with Gasteiger partial charge in [0.25, 0.3) is 0 Å². The van der Waals surface area contributed by atoms with Crippen LogP contribution in [0.4, 0.5) is 0 Å². The maximum absolute atomic E-state index is 10.4. The molecule has 8 heteroatoms. The largest absolute Gasteiger partial charge is 0.507 e. The number of H-pyrrole nitrogens is 1. The zero-order valence-corrected chi connectivity index (χ0v) is 24.5. The van der Waals surface area contributed by atoms with E-state index < -0.39 is 0 Å². The Morgan fingerprint density at radius 3 is 2.44 bits per heavy atom. The van der Waals surface area contributed by atoms with Crippen LogP contribution >= 0.6 is 0 Å². The number of aromatic nitrogens is 3. The Morgan fingerprint density at radius 2 is 1.71 bits per heavy atom. The molecule has 1 aromatic carbocycles. The van der Waals surface area contributed by atoms with Gasteiger partial charge >= 0.3 is 0 Å². The fourth-order valence-electron chi connectivity index (χ4n) is 9.13. The van der Waals surface area contributed by atoms with Crippen molar-refractivity contribution in [2.75, 3.05) is 52.4 Å². The number of hydrogen-bond donors (Lipinski definition) is 3. The topological polar surface area (TPSA) is 83.5 Å². The first-order valence-electron chi connectivity index (χ1n) is 16.1. The minimum Gasteiger partial charge on any atom is -0.507 e. The molecule has 8 rings (SSSR count). The van der Waals surface area contributed by atoms with Crippen molar-refractivity contribution >= 4 is 11.0 Å². The molecule has 3 saturated heterocycles. The number of para-hydroxylation sites is 1. The van der Waals surface area contributed by atoms with Crippen LogP contribution < -0.4 is 5.32 Å². The molecule has 41 heavy (non-hydrogen) atoms. The predicted octanol–water partition coefficient (Wildman–Crippen LogP) is 4.18. The fraction of sp³-hybridized carbons (Fsp3) is 0.636. The van der Waals surface area contributed by atoms with Crippen LogP contribution in [-0.2, 0) is 6.42 Å². The van der Waals surface area contributed by atoms with Crippen LogP contribution in [-0.4, -0.2) is 99.4 Å². The average molecular weight is 556 g/mol. The Balaban J connectivity index is 0.884. The molecule has 1 spiro atoms. The summed E-state index contributed by atoms with van der Waals surface area (Å²) in [6.45, 7) is 12.4. The highest BCUT2D eigenvalue weighted by Gasteiger charge is 2.48. The molecule has 4 fully saturated rings. The molecule has 3 aromatic rings. The maximum Gasteiger partial charge on any atom is 0.160 e. The lowest BCUT2D eigenvalue weighted by molar-refractivity contribution is -0.0236. The number of fused-ring (bicyclic) bond motifs is 3. The molecule has 1 saturated carbocycles. The highest BCUT2D eigenvalue weighted by Crippen LogP contribution is 2.48. The van der Waals surface area contributed by atoms with Crippen LogP contribution in [0.25, 0.3) is 22.3 Å². The maximum atomic E-state index is 10.4. The van der Waals surface area contributed by atoms with E-state index in [9.17, 15) is 5.11 Å². The van der Waals surface area contributed by atoms with E-state index in [1.165, 1.54) is 95.6 Å². The van der Waals surface area contributed by atoms with Gasteiger partial charge in [-0.15, -0.1) is 10.2 Å². The third-order valence-electron chi connectivity index (χ3n) is 11.4. The fourth-order valence-corrected chi connectivity index (χ4v) is 9.13. The summed E-state index contributed by atoms with van der Waals surface area (Å²) in [7, 11) is 0. The Labute approximate surface area is 243 Å². The summed E-state index contributed by atoms with van der Waals surface area (Å²) < 4.78 is 0. The lowest BCUT2D eigenvalue weighted by Crippen LogP contribution is -2.61. The van der Waals surface area contributed by atoms with Gasteiger partial charge in [0.1, 0.15) is 5.75 Å². The number of rotatable bonds is 5. The van der Waals surface area contributed by atoms with Gasteiger partial charge in [-0.2, -0.15) is 0 Å². The second-order valence-electron chi connectivity index (χ2n) is 13.9. The summed E-state index contributed by atoms with van der Waals surface area (Å²) in [4.78, 5) is 11.9. The summed E-state index contributed by atoms with van der Waals surface area (Å²) in [6, 6.07) is 11.3. The molecule has 8 nitrogen and oxygen atoms in total. The monoisotopic (exact) mass is 555 g/mol. The number of benzene rings is 1. The minimum absolute atomic E-state index is 0.246. The van der Waals surface area contributed by atoms with Crippen LogP contribution in [0.15, 0.2) is 30.3 Å². The number of likely N-dealkylation sites (tertiary alicyclic amines) is 2. The van der Waals surface area contributed by atoms with Gasteiger partial charge in [0.2, 0.25) is 0 Å². The molecular weight excluding hydrogens is 510 g/mol. The Morgan fingerprint density at radius 1 is 0.951 bits per heavy atom. The number of phenols is 1. The SMILES string of the molecule is C[C@@H]1c2c([nH]c3nnc(-c4ccccc4O)cc23)CCN1C1CCN(C2CCN(CC3CC4(CNC4)C3)CC2)CC1. The van der Waals surface area contributed by atoms with E-state index in [2.05, 4.69) is 48.2 Å². The second kappa shape index (κ2) is 10.3. The Bertz CT molecular complexity index is 1390. The first-order valence-corrected chi connectivity index (χ1v) is 16.1. The Hall–Kier alpha value is -2.52. The number of aromatic amines is 1. The molecule has 218 valence electrons. The molecule has 4 aliphatic heterocycles. The van der Waals surface area contributed by atoms with Gasteiger partial charge in [0, 0.05) is 67.4 Å². The second-order valence-corrected chi connectivity index (χ2v) is 13.9. The predicted molar refractivity (Wildman–Crippen MR) is 162 cm³/mol. The number of piperidine rings is 2. The number of nitrogens with zero attached hydrogens (tertiary/aromatic N) is 5. The van der Waals surface area contributed by atoms with Crippen molar-refractivity contribution in [1.29, 1.82) is 0 Å². The smallest absolute Gasteiger partial charge is 0.160 e. The van der Waals surface area contributed by atoms with Crippen LogP contribution in [0.5, 0.6) is 5.75 Å². The minimum atomic E-state index is 0.246. The summed E-state index contributed by atoms with van der Waals surface area (Å²) in [5, 5.41) is 24.0. The third-order valence-corrected chi connectivity index (χ3v) is 11.4. The van der Waals surface area contributed by atoms with Gasteiger partial charge in [-0.05, 0) is 107 Å². The van der Waals surface area contributed by atoms with Crippen LogP contribution in [0.3, 0.4) is 0 Å². The van der Waals surface area contributed by atoms with Gasteiger partial charge in [0.05, 0.1) is 5.69 Å². The zero-order chi connectivity index (χ0) is 27.6. The summed E-state index contributed by atoms with van der Waals surface area (Å²) >= 11 is 0. The van der Waals surface area contributed by atoms with Gasteiger partial charge < -0.3 is 25.2 Å². The molecule has 0 unspecified atom stereocenters. The van der Waals surface area contributed by atoms with Gasteiger partial charge in [-0.1, -0.05) is 12.1 Å². The van der Waals surface area contributed by atoms with Gasteiger partial charge in [-0.3, -0.25) is 4.90 Å². The van der Waals surface area contributed by atoms with Crippen molar-refractivity contribution in [2.45, 2.75) is 70.0 Å². The molecule has 1 atom stereocenters. The molecular formula is C33H45N7O. The van der Waals surface area contributed by atoms with Crippen LogP contribution in [0.1, 0.15) is 62.7 Å². The number of nitrogens with one attached hydrogen (secondary N) is 2. The van der Waals surface area contributed by atoms with Crippen LogP contribution in [0.2, 0.25) is 0 Å². The molecule has 0 amide bonds. The van der Waals surface area contributed by atoms with E-state index >= 15 is 0 Å². The third kappa shape index (κ3) is 4.67. The molecule has 2 aromatic heterocycles. The number of hydrogen-bond acceptors (Lipinski definition) is 7. The Kier molecular flexibility index (Phi) is 6.59. The van der Waals surface area contributed by atoms with Crippen molar-refractivity contribution in [3.8, 4) is 17.0 Å². The lowest BCUT2D eigenvalue weighted by Gasteiger charge is -2.55. The summed E-state index contributed by atoms with van der Waals surface area (Å²) in [5.41, 5.74) is 5.71. The standard InChI is InChI=1S/C33H45N7O/c1-22-31-27-16-29(26-4-2-3-5-30(26)41)36-37-32(27)35-28(31)10-15-40(22)25-8-13-39(14-9-25)24-6-11-38(12-7-24)19-23-17-33(18-23)20-34-21-33/h2-5,16,22-25,34,41H,6-15,17-21H2,1H3,(H,35,37)/t22-/m1/s1. The van der Waals surface area contributed by atoms with Crippen molar-refractivity contribution < 1.29 is 5.11 Å². The normalized spacial score (nSPS) is 26.7. The first-order chi connectivity index (χ1) is 20.1. The molecule has 3 N–H and O–H groups in total. The van der Waals surface area contributed by atoms with E-state index in [4.69, 9.17) is 0 Å². The van der Waals surface area contributed by atoms with E-state index in [0.29, 0.717) is 17.5 Å². The average Bonchev–Trinajstić information content (AvgIpc) is 3.33. The van der Waals surface area contributed by atoms with Gasteiger partial charge in [0.15, 0.2) is 5.65 Å². The van der Waals surface area contributed by atoms with Crippen molar-refractivity contribution in [3.05, 3.63) is 41.6 Å². The molecule has 5 aliphatic rings. The number of aromatic hydroxyl groups is 1. The molecule has 6 heterocycles. The molecule has 0 bridgehead atoms. The van der Waals surface area contributed by atoms with E-state index in [1.807, 2.05) is 18.2 Å². The van der Waals surface area contributed by atoms with Crippen molar-refractivity contribution in [1.82, 2.24) is 35.2 Å². The lowest BCUT2D eigenvalue weighted by atomic mass is 9.58. The van der Waals surface area contributed by atoms with Crippen molar-refractivity contribution in [2.24, 2.45) is 11.3 Å². The molecule has 0 radical (unpaired) electrons. The van der Waals surface area contributed by atoms with Crippen LogP contribution in [0, 0.1) is 11.3 Å². The molecule has 1 aliphatic carbocycles. The first kappa shape index (κ1) is 26.1. The zero-order valence-electron chi connectivity index (χ0n) is 24.5. The van der Waals surface area contributed by atoms with Gasteiger partial charge in [-0.25, -0.2) is 0 Å². The highest BCUT2D eigenvalue weighted by molar-refractivity contribution is 5.86. The number of phenolic OH excluding ortho intramolecular Hbond substituents is 1. The van der Waals surface area contributed by atoms with E-state index in [1.54, 1.807) is 6.07 Å². The summed E-state index contributed by atoms with van der Waals surface area (Å²) in [5.74, 6) is 1.20. The summed E-state index contributed by atoms with van der Waals surface area (Å²) in [6.07, 6.45) is 9.19. The van der Waals surface area contributed by atoms with Crippen molar-refractivity contribution in [3.63, 3.8) is 0 Å². The highest BCUT2D eigenvalue weighted by atomic mass is 16.3. The quantitative estimate of drug-likeness (QED) is 0.436.